The van der Waals surface area contributed by atoms with Crippen molar-refractivity contribution in [2.45, 2.75) is 6.42 Å². The third-order valence-electron chi connectivity index (χ3n) is 2.17. The van der Waals surface area contributed by atoms with Crippen molar-refractivity contribution in [2.75, 3.05) is 32.1 Å². The highest BCUT2D eigenvalue weighted by atomic mass is 16.4. The van der Waals surface area contributed by atoms with E-state index in [1.54, 1.807) is 0 Å². The standard InChI is InChI=1S/C10H16N4O2/c1-11-4-3-5-14(2)9-7-12-8(6-13-9)10(15)16/h6-7,11H,3-5H2,1-2H3,(H,15,16). The largest absolute Gasteiger partial charge is 0.476 e. The van der Waals surface area contributed by atoms with Gasteiger partial charge in [-0.3, -0.25) is 0 Å². The molecule has 2 N–H and O–H groups in total. The average Bonchev–Trinajstić information content (AvgIpc) is 2.29. The van der Waals surface area contributed by atoms with E-state index in [1.807, 2.05) is 19.0 Å². The van der Waals surface area contributed by atoms with Gasteiger partial charge in [0.1, 0.15) is 5.82 Å². The monoisotopic (exact) mass is 224 g/mol. The average molecular weight is 224 g/mol. The minimum absolute atomic E-state index is 0.0348. The quantitative estimate of drug-likeness (QED) is 0.673. The van der Waals surface area contributed by atoms with Gasteiger partial charge in [0, 0.05) is 13.6 Å². The molecule has 0 bridgehead atoms. The first-order valence-electron chi connectivity index (χ1n) is 5.06. The SMILES string of the molecule is CNCCCN(C)c1cnc(C(=O)O)cn1. The van der Waals surface area contributed by atoms with E-state index in [0.29, 0.717) is 5.82 Å². The van der Waals surface area contributed by atoms with Gasteiger partial charge >= 0.3 is 5.97 Å². The summed E-state index contributed by atoms with van der Waals surface area (Å²) in [5.74, 6) is -0.377. The first kappa shape index (κ1) is 12.4. The maximum Gasteiger partial charge on any atom is 0.356 e. The number of aromatic nitrogens is 2. The number of carboxylic acid groups (broad SMARTS) is 1. The van der Waals surface area contributed by atoms with Gasteiger partial charge in [-0.05, 0) is 20.0 Å². The molecule has 0 unspecified atom stereocenters. The molecule has 0 aliphatic rings. The topological polar surface area (TPSA) is 78.4 Å². The lowest BCUT2D eigenvalue weighted by molar-refractivity contribution is 0.0690. The van der Waals surface area contributed by atoms with E-state index in [9.17, 15) is 4.79 Å². The Morgan fingerprint density at radius 1 is 1.50 bits per heavy atom. The van der Waals surface area contributed by atoms with Crippen LogP contribution in [0, 0.1) is 0 Å². The van der Waals surface area contributed by atoms with Crippen molar-refractivity contribution >= 4 is 11.8 Å². The van der Waals surface area contributed by atoms with Crippen molar-refractivity contribution in [1.82, 2.24) is 15.3 Å². The van der Waals surface area contributed by atoms with Gasteiger partial charge in [-0.25, -0.2) is 14.8 Å². The molecule has 6 heteroatoms. The summed E-state index contributed by atoms with van der Waals surface area (Å²) in [6, 6.07) is 0. The van der Waals surface area contributed by atoms with Crippen LogP contribution in [0.25, 0.3) is 0 Å². The van der Waals surface area contributed by atoms with Crippen LogP contribution in [0.5, 0.6) is 0 Å². The molecule has 0 fully saturated rings. The van der Waals surface area contributed by atoms with E-state index in [0.717, 1.165) is 19.5 Å². The Balaban J connectivity index is 2.56. The van der Waals surface area contributed by atoms with Gasteiger partial charge in [-0.1, -0.05) is 0 Å². The second-order valence-corrected chi connectivity index (χ2v) is 3.44. The Labute approximate surface area is 94.3 Å². The zero-order valence-electron chi connectivity index (χ0n) is 9.47. The molecule has 0 aliphatic carbocycles. The van der Waals surface area contributed by atoms with Gasteiger partial charge in [0.25, 0.3) is 0 Å². The third kappa shape index (κ3) is 3.47. The number of carboxylic acids is 1. The number of carbonyl (C=O) groups is 1. The fraction of sp³-hybridized carbons (Fsp3) is 0.500. The Kier molecular flexibility index (Phi) is 4.65. The van der Waals surface area contributed by atoms with E-state index in [-0.39, 0.29) is 5.69 Å². The second-order valence-electron chi connectivity index (χ2n) is 3.44. The summed E-state index contributed by atoms with van der Waals surface area (Å²) in [7, 11) is 3.81. The van der Waals surface area contributed by atoms with Crippen LogP contribution in [-0.2, 0) is 0 Å². The summed E-state index contributed by atoms with van der Waals surface area (Å²) in [6.07, 6.45) is 3.74. The normalized spacial score (nSPS) is 10.1. The van der Waals surface area contributed by atoms with E-state index in [1.165, 1.54) is 12.4 Å². The first-order valence-corrected chi connectivity index (χ1v) is 5.06. The van der Waals surface area contributed by atoms with Crippen LogP contribution in [-0.4, -0.2) is 48.2 Å². The van der Waals surface area contributed by atoms with Crippen LogP contribution < -0.4 is 10.2 Å². The molecule has 1 rings (SSSR count). The van der Waals surface area contributed by atoms with E-state index < -0.39 is 5.97 Å². The molecule has 0 radical (unpaired) electrons. The summed E-state index contributed by atoms with van der Waals surface area (Å²) in [4.78, 5) is 20.4. The Hall–Kier alpha value is -1.69. The van der Waals surface area contributed by atoms with Crippen LogP contribution in [0.1, 0.15) is 16.9 Å². The summed E-state index contributed by atoms with van der Waals surface area (Å²) < 4.78 is 0. The van der Waals surface area contributed by atoms with Crippen LogP contribution in [0.15, 0.2) is 12.4 Å². The number of rotatable bonds is 6. The third-order valence-corrected chi connectivity index (χ3v) is 2.17. The van der Waals surface area contributed by atoms with Crippen molar-refractivity contribution in [3.63, 3.8) is 0 Å². The summed E-state index contributed by atoms with van der Waals surface area (Å²) in [5.41, 5.74) is -0.0348. The second kappa shape index (κ2) is 6.02. The number of nitrogens with one attached hydrogen (secondary N) is 1. The molecular formula is C10H16N4O2. The molecule has 0 aliphatic heterocycles. The molecule has 0 saturated carbocycles. The molecule has 0 spiro atoms. The van der Waals surface area contributed by atoms with Crippen LogP contribution in [0.3, 0.4) is 0 Å². The Bertz CT molecular complexity index is 339. The van der Waals surface area contributed by atoms with Crippen LogP contribution in [0.4, 0.5) is 5.82 Å². The van der Waals surface area contributed by atoms with Crippen molar-refractivity contribution in [2.24, 2.45) is 0 Å². The van der Waals surface area contributed by atoms with Gasteiger partial charge < -0.3 is 15.3 Å². The first-order chi connectivity index (χ1) is 7.65. The highest BCUT2D eigenvalue weighted by Crippen LogP contribution is 2.06. The van der Waals surface area contributed by atoms with Crippen molar-refractivity contribution in [1.29, 1.82) is 0 Å². The highest BCUT2D eigenvalue weighted by molar-refractivity contribution is 5.84. The molecule has 16 heavy (non-hydrogen) atoms. The lowest BCUT2D eigenvalue weighted by Crippen LogP contribution is -2.23. The molecule has 1 aromatic heterocycles. The molecule has 1 heterocycles. The maximum absolute atomic E-state index is 10.6. The van der Waals surface area contributed by atoms with Crippen molar-refractivity contribution in [3.05, 3.63) is 18.1 Å². The van der Waals surface area contributed by atoms with Gasteiger partial charge in [-0.2, -0.15) is 0 Å². The summed E-state index contributed by atoms with van der Waals surface area (Å²) >= 11 is 0. The molecule has 0 aromatic carbocycles. The Morgan fingerprint density at radius 2 is 2.25 bits per heavy atom. The Morgan fingerprint density at radius 3 is 2.75 bits per heavy atom. The fourth-order valence-corrected chi connectivity index (χ4v) is 1.24. The molecule has 1 aromatic rings. The number of nitrogens with zero attached hydrogens (tertiary/aromatic N) is 3. The van der Waals surface area contributed by atoms with Crippen molar-refractivity contribution in [3.8, 4) is 0 Å². The molecule has 0 atom stereocenters. The van der Waals surface area contributed by atoms with Gasteiger partial charge in [0.2, 0.25) is 0 Å². The predicted molar refractivity (Wildman–Crippen MR) is 60.8 cm³/mol. The van der Waals surface area contributed by atoms with E-state index >= 15 is 0 Å². The minimum atomic E-state index is -1.06. The lowest BCUT2D eigenvalue weighted by Gasteiger charge is -2.17. The highest BCUT2D eigenvalue weighted by Gasteiger charge is 2.07. The molecular weight excluding hydrogens is 208 g/mol. The maximum atomic E-state index is 10.6. The minimum Gasteiger partial charge on any atom is -0.476 e. The molecule has 88 valence electrons. The fourth-order valence-electron chi connectivity index (χ4n) is 1.24. The predicted octanol–water partition coefficient (Wildman–Crippen LogP) is 0.220. The van der Waals surface area contributed by atoms with Crippen molar-refractivity contribution < 1.29 is 9.90 Å². The smallest absolute Gasteiger partial charge is 0.356 e. The summed E-state index contributed by atoms with van der Waals surface area (Å²) in [6.45, 7) is 1.78. The number of hydrogen-bond donors (Lipinski definition) is 2. The number of hydrogen-bond acceptors (Lipinski definition) is 5. The van der Waals surface area contributed by atoms with E-state index in [4.69, 9.17) is 5.11 Å². The molecule has 0 saturated heterocycles. The zero-order valence-corrected chi connectivity index (χ0v) is 9.47. The lowest BCUT2D eigenvalue weighted by atomic mass is 10.4. The van der Waals surface area contributed by atoms with Gasteiger partial charge in [-0.15, -0.1) is 0 Å². The molecule has 0 amide bonds. The number of aromatic carboxylic acids is 1. The number of anilines is 1. The van der Waals surface area contributed by atoms with Gasteiger partial charge in [0.15, 0.2) is 5.69 Å². The molecule has 6 nitrogen and oxygen atoms in total. The van der Waals surface area contributed by atoms with Gasteiger partial charge in [0.05, 0.1) is 12.4 Å². The van der Waals surface area contributed by atoms with E-state index in [2.05, 4.69) is 15.3 Å². The van der Waals surface area contributed by atoms with Crippen LogP contribution >= 0.6 is 0 Å². The zero-order chi connectivity index (χ0) is 12.0. The summed E-state index contributed by atoms with van der Waals surface area (Å²) in [5, 5.41) is 11.7. The van der Waals surface area contributed by atoms with Crippen LogP contribution in [0.2, 0.25) is 0 Å².